The zero-order valence-electron chi connectivity index (χ0n) is 16.1. The summed E-state index contributed by atoms with van der Waals surface area (Å²) in [5.41, 5.74) is 4.92. The summed E-state index contributed by atoms with van der Waals surface area (Å²) >= 11 is 0. The number of nitrogens with zero attached hydrogens (tertiary/aromatic N) is 1. The molecule has 0 fully saturated rings. The number of hydrogen-bond acceptors (Lipinski definition) is 5. The summed E-state index contributed by atoms with van der Waals surface area (Å²) in [6.07, 6.45) is 4.91. The minimum atomic E-state index is -3.34. The SMILES string of the molecule is CS(=O)(=O)N1CCc2cc(C(=O)OCC(=O)Nc3ccc4c(c3)CCC4)ccc21. The second kappa shape index (κ2) is 7.51. The molecule has 0 saturated heterocycles. The molecule has 2 aromatic rings. The zero-order valence-corrected chi connectivity index (χ0v) is 16.9. The van der Waals surface area contributed by atoms with Crippen LogP contribution in [0.1, 0.15) is 33.5 Å². The number of fused-ring (bicyclic) bond motifs is 2. The van der Waals surface area contributed by atoms with Crippen molar-refractivity contribution in [3.05, 3.63) is 58.7 Å². The topological polar surface area (TPSA) is 92.8 Å². The maximum absolute atomic E-state index is 12.3. The van der Waals surface area contributed by atoms with Gasteiger partial charge in [0.25, 0.3) is 5.91 Å². The van der Waals surface area contributed by atoms with Crippen molar-refractivity contribution in [3.8, 4) is 0 Å². The maximum Gasteiger partial charge on any atom is 0.338 e. The standard InChI is InChI=1S/C21H22N2O5S/c1-29(26,27)23-10-9-16-11-17(6-8-19(16)23)21(25)28-13-20(24)22-18-7-5-14-3-2-4-15(14)12-18/h5-8,11-12H,2-4,9-10,13H2,1H3,(H,22,24). The first kappa shape index (κ1) is 19.4. The number of carbonyl (C=O) groups is 2. The van der Waals surface area contributed by atoms with Crippen LogP contribution in [-0.4, -0.2) is 39.7 Å². The molecular weight excluding hydrogens is 392 g/mol. The van der Waals surface area contributed by atoms with Crippen LogP contribution in [0.2, 0.25) is 0 Å². The third-order valence-corrected chi connectivity index (χ3v) is 6.46. The highest BCUT2D eigenvalue weighted by atomic mass is 32.2. The van der Waals surface area contributed by atoms with Gasteiger partial charge in [0.1, 0.15) is 0 Å². The number of anilines is 2. The molecule has 0 unspecified atom stereocenters. The predicted molar refractivity (Wildman–Crippen MR) is 110 cm³/mol. The maximum atomic E-state index is 12.3. The lowest BCUT2D eigenvalue weighted by molar-refractivity contribution is -0.119. The van der Waals surface area contributed by atoms with Gasteiger partial charge in [-0.25, -0.2) is 13.2 Å². The molecule has 152 valence electrons. The molecule has 0 atom stereocenters. The molecule has 1 N–H and O–H groups in total. The summed E-state index contributed by atoms with van der Waals surface area (Å²) < 4.78 is 30.0. The van der Waals surface area contributed by atoms with Gasteiger partial charge in [-0.2, -0.15) is 0 Å². The van der Waals surface area contributed by atoms with Crippen molar-refractivity contribution in [2.75, 3.05) is 29.0 Å². The molecule has 0 bridgehead atoms. The predicted octanol–water partition coefficient (Wildman–Crippen LogP) is 2.29. The van der Waals surface area contributed by atoms with Gasteiger partial charge in [0.15, 0.2) is 6.61 Å². The Bertz CT molecular complexity index is 1090. The van der Waals surface area contributed by atoms with E-state index in [1.54, 1.807) is 12.1 Å². The minimum Gasteiger partial charge on any atom is -0.452 e. The molecule has 1 aliphatic carbocycles. The van der Waals surface area contributed by atoms with E-state index in [0.717, 1.165) is 31.1 Å². The molecule has 2 aromatic carbocycles. The summed E-state index contributed by atoms with van der Waals surface area (Å²) in [6.45, 7) is -0.0294. The highest BCUT2D eigenvalue weighted by Gasteiger charge is 2.27. The molecule has 4 rings (SSSR count). The molecule has 1 amide bonds. The van der Waals surface area contributed by atoms with Gasteiger partial charge in [-0.15, -0.1) is 0 Å². The third kappa shape index (κ3) is 4.12. The number of aryl methyl sites for hydroxylation is 2. The smallest absolute Gasteiger partial charge is 0.338 e. The van der Waals surface area contributed by atoms with E-state index in [1.165, 1.54) is 21.5 Å². The van der Waals surface area contributed by atoms with Crippen LogP contribution in [-0.2, 0) is 38.8 Å². The average molecular weight is 414 g/mol. The fourth-order valence-corrected chi connectivity index (χ4v) is 4.86. The number of esters is 1. The van der Waals surface area contributed by atoms with Crippen LogP contribution in [0.3, 0.4) is 0 Å². The van der Waals surface area contributed by atoms with E-state index < -0.39 is 21.9 Å². The van der Waals surface area contributed by atoms with Crippen LogP contribution in [0.5, 0.6) is 0 Å². The highest BCUT2D eigenvalue weighted by molar-refractivity contribution is 7.92. The van der Waals surface area contributed by atoms with E-state index in [4.69, 9.17) is 4.74 Å². The van der Waals surface area contributed by atoms with Gasteiger partial charge in [0.05, 0.1) is 17.5 Å². The molecule has 2 aliphatic rings. The zero-order chi connectivity index (χ0) is 20.6. The Balaban J connectivity index is 1.36. The number of ether oxygens (including phenoxy) is 1. The van der Waals surface area contributed by atoms with Crippen molar-refractivity contribution < 1.29 is 22.7 Å². The normalized spacial score (nSPS) is 15.0. The van der Waals surface area contributed by atoms with Crippen LogP contribution in [0.4, 0.5) is 11.4 Å². The fraction of sp³-hybridized carbons (Fsp3) is 0.333. The molecule has 0 aromatic heterocycles. The summed E-state index contributed by atoms with van der Waals surface area (Å²) in [7, 11) is -3.34. The van der Waals surface area contributed by atoms with Crippen molar-refractivity contribution >= 4 is 33.3 Å². The van der Waals surface area contributed by atoms with Gasteiger partial charge in [0, 0.05) is 12.2 Å². The van der Waals surface area contributed by atoms with Crippen molar-refractivity contribution in [3.63, 3.8) is 0 Å². The van der Waals surface area contributed by atoms with Gasteiger partial charge in [-0.1, -0.05) is 6.07 Å². The molecule has 8 heteroatoms. The lowest BCUT2D eigenvalue weighted by Crippen LogP contribution is -2.27. The lowest BCUT2D eigenvalue weighted by Gasteiger charge is -2.16. The molecule has 0 spiro atoms. The van der Waals surface area contributed by atoms with E-state index >= 15 is 0 Å². The summed E-state index contributed by atoms with van der Waals surface area (Å²) in [6, 6.07) is 10.6. The van der Waals surface area contributed by atoms with Crippen LogP contribution in [0, 0.1) is 0 Å². The first-order valence-electron chi connectivity index (χ1n) is 9.51. The number of amides is 1. The second-order valence-electron chi connectivity index (χ2n) is 7.39. The molecule has 0 saturated carbocycles. The van der Waals surface area contributed by atoms with E-state index in [1.807, 2.05) is 18.2 Å². The van der Waals surface area contributed by atoms with Gasteiger partial charge >= 0.3 is 5.97 Å². The third-order valence-electron chi connectivity index (χ3n) is 5.29. The summed E-state index contributed by atoms with van der Waals surface area (Å²) in [5, 5.41) is 2.75. The van der Waals surface area contributed by atoms with Crippen LogP contribution < -0.4 is 9.62 Å². The van der Waals surface area contributed by atoms with Crippen LogP contribution in [0.25, 0.3) is 0 Å². The Hall–Kier alpha value is -2.87. The van der Waals surface area contributed by atoms with Crippen molar-refractivity contribution in [2.45, 2.75) is 25.7 Å². The number of benzene rings is 2. The van der Waals surface area contributed by atoms with E-state index in [2.05, 4.69) is 5.32 Å². The second-order valence-corrected chi connectivity index (χ2v) is 9.30. The monoisotopic (exact) mass is 414 g/mol. The highest BCUT2D eigenvalue weighted by Crippen LogP contribution is 2.31. The van der Waals surface area contributed by atoms with E-state index in [-0.39, 0.29) is 6.61 Å². The van der Waals surface area contributed by atoms with Crippen molar-refractivity contribution in [1.29, 1.82) is 0 Å². The Morgan fingerprint density at radius 1 is 1.03 bits per heavy atom. The average Bonchev–Trinajstić information content (AvgIpc) is 3.31. The number of carbonyl (C=O) groups excluding carboxylic acids is 2. The first-order valence-corrected chi connectivity index (χ1v) is 11.4. The van der Waals surface area contributed by atoms with Crippen molar-refractivity contribution in [2.24, 2.45) is 0 Å². The van der Waals surface area contributed by atoms with Gasteiger partial charge < -0.3 is 10.1 Å². The quantitative estimate of drug-likeness (QED) is 0.758. The fourth-order valence-electron chi connectivity index (χ4n) is 3.90. The molecular formula is C21H22N2O5S. The van der Waals surface area contributed by atoms with Gasteiger partial charge in [0.2, 0.25) is 10.0 Å². The summed E-state index contributed by atoms with van der Waals surface area (Å²) in [4.78, 5) is 24.4. The molecule has 1 heterocycles. The van der Waals surface area contributed by atoms with Crippen molar-refractivity contribution in [1.82, 2.24) is 0 Å². The van der Waals surface area contributed by atoms with E-state index in [0.29, 0.717) is 29.9 Å². The first-order chi connectivity index (χ1) is 13.8. The molecule has 0 radical (unpaired) electrons. The van der Waals surface area contributed by atoms with Crippen LogP contribution >= 0.6 is 0 Å². The number of nitrogens with one attached hydrogen (secondary N) is 1. The van der Waals surface area contributed by atoms with Gasteiger partial charge in [-0.05, 0) is 72.7 Å². The number of hydrogen-bond donors (Lipinski definition) is 1. The largest absolute Gasteiger partial charge is 0.452 e. The number of sulfonamides is 1. The van der Waals surface area contributed by atoms with E-state index in [9.17, 15) is 18.0 Å². The molecule has 7 nitrogen and oxygen atoms in total. The Morgan fingerprint density at radius 2 is 1.83 bits per heavy atom. The summed E-state index contributed by atoms with van der Waals surface area (Å²) in [5.74, 6) is -1.02. The molecule has 1 aliphatic heterocycles. The Labute approximate surface area is 169 Å². The van der Waals surface area contributed by atoms with Gasteiger partial charge in [-0.3, -0.25) is 9.10 Å². The van der Waals surface area contributed by atoms with Crippen LogP contribution in [0.15, 0.2) is 36.4 Å². The Kier molecular flexibility index (Phi) is 5.04. The lowest BCUT2D eigenvalue weighted by atomic mass is 10.1. The molecule has 29 heavy (non-hydrogen) atoms. The minimum absolute atomic E-state index is 0.296. The Morgan fingerprint density at radius 3 is 2.62 bits per heavy atom. The number of rotatable bonds is 5.